The first-order valence-electron chi connectivity index (χ1n) is 7.63. The Morgan fingerprint density at radius 1 is 1.04 bits per heavy atom. The maximum atomic E-state index is 11.7. The second-order valence-electron chi connectivity index (χ2n) is 5.27. The highest BCUT2D eigenvalue weighted by atomic mass is 32.1. The standard InChI is InChI=1S/C19H17NO3S/c1-3-23-19(22)16-10-6-14(7-11-16)13-4-8-15(9-5-13)18-20-17(21)12(2)24-18/h4-11,21H,3H2,1-2H3. The van der Waals surface area contributed by atoms with E-state index in [-0.39, 0.29) is 11.8 Å². The lowest BCUT2D eigenvalue weighted by Crippen LogP contribution is -2.03. The summed E-state index contributed by atoms with van der Waals surface area (Å²) in [6.07, 6.45) is 0. The van der Waals surface area contributed by atoms with Crippen molar-refractivity contribution in [3.05, 3.63) is 59.0 Å². The summed E-state index contributed by atoms with van der Waals surface area (Å²) in [5.41, 5.74) is 3.58. The van der Waals surface area contributed by atoms with Gasteiger partial charge in [-0.25, -0.2) is 9.78 Å². The number of aromatic hydroxyl groups is 1. The van der Waals surface area contributed by atoms with E-state index < -0.39 is 0 Å². The van der Waals surface area contributed by atoms with Gasteiger partial charge in [0.1, 0.15) is 5.01 Å². The van der Waals surface area contributed by atoms with Crippen molar-refractivity contribution in [2.75, 3.05) is 6.61 Å². The first-order valence-corrected chi connectivity index (χ1v) is 8.44. The number of carbonyl (C=O) groups is 1. The molecule has 4 nitrogen and oxygen atoms in total. The van der Waals surface area contributed by atoms with Crippen molar-refractivity contribution in [1.29, 1.82) is 0 Å². The van der Waals surface area contributed by atoms with E-state index in [2.05, 4.69) is 4.98 Å². The fourth-order valence-corrected chi connectivity index (χ4v) is 3.14. The molecule has 0 saturated carbocycles. The summed E-state index contributed by atoms with van der Waals surface area (Å²) in [5.74, 6) is -0.216. The minimum absolute atomic E-state index is 0.0913. The van der Waals surface area contributed by atoms with Gasteiger partial charge in [-0.05, 0) is 37.1 Å². The Bertz CT molecular complexity index is 832. The summed E-state index contributed by atoms with van der Waals surface area (Å²) in [6.45, 7) is 4.00. The molecule has 0 aliphatic heterocycles. The molecule has 0 aliphatic rings. The van der Waals surface area contributed by atoms with Gasteiger partial charge < -0.3 is 9.84 Å². The van der Waals surface area contributed by atoms with Crippen molar-refractivity contribution in [3.63, 3.8) is 0 Å². The van der Waals surface area contributed by atoms with E-state index in [1.807, 2.05) is 43.3 Å². The molecule has 0 unspecified atom stereocenters. The Morgan fingerprint density at radius 3 is 2.08 bits per heavy atom. The molecule has 5 heteroatoms. The molecule has 0 bridgehead atoms. The molecule has 3 rings (SSSR count). The molecule has 0 radical (unpaired) electrons. The van der Waals surface area contributed by atoms with Gasteiger partial charge in [-0.2, -0.15) is 0 Å². The van der Waals surface area contributed by atoms with Gasteiger partial charge in [0.15, 0.2) is 0 Å². The minimum atomic E-state index is -0.307. The number of nitrogens with zero attached hydrogens (tertiary/aromatic N) is 1. The summed E-state index contributed by atoms with van der Waals surface area (Å²) in [6, 6.07) is 15.3. The Hall–Kier alpha value is -2.66. The van der Waals surface area contributed by atoms with Crippen molar-refractivity contribution >= 4 is 17.3 Å². The summed E-state index contributed by atoms with van der Waals surface area (Å²) in [4.78, 5) is 16.6. The molecule has 1 N–H and O–H groups in total. The van der Waals surface area contributed by atoms with Crippen LogP contribution in [0.15, 0.2) is 48.5 Å². The molecule has 0 atom stereocenters. The summed E-state index contributed by atoms with van der Waals surface area (Å²) in [7, 11) is 0. The topological polar surface area (TPSA) is 59.4 Å². The minimum Gasteiger partial charge on any atom is -0.492 e. The number of ether oxygens (including phenoxy) is 1. The number of thiazole rings is 1. The van der Waals surface area contributed by atoms with E-state index in [0.29, 0.717) is 12.2 Å². The summed E-state index contributed by atoms with van der Waals surface area (Å²) >= 11 is 1.47. The lowest BCUT2D eigenvalue weighted by Gasteiger charge is -2.05. The SMILES string of the molecule is CCOC(=O)c1ccc(-c2ccc(-c3nc(O)c(C)s3)cc2)cc1. The van der Waals surface area contributed by atoms with E-state index >= 15 is 0 Å². The second kappa shape index (κ2) is 6.84. The van der Waals surface area contributed by atoms with Gasteiger partial charge in [0.2, 0.25) is 5.88 Å². The monoisotopic (exact) mass is 339 g/mol. The highest BCUT2D eigenvalue weighted by molar-refractivity contribution is 7.15. The zero-order valence-electron chi connectivity index (χ0n) is 13.4. The fourth-order valence-electron chi connectivity index (χ4n) is 2.33. The quantitative estimate of drug-likeness (QED) is 0.702. The number of carbonyl (C=O) groups excluding carboxylic acids is 1. The number of rotatable bonds is 4. The molecule has 0 spiro atoms. The molecule has 24 heavy (non-hydrogen) atoms. The van der Waals surface area contributed by atoms with Gasteiger partial charge in [-0.15, -0.1) is 11.3 Å². The molecular formula is C19H17NO3S. The molecule has 1 aromatic heterocycles. The maximum Gasteiger partial charge on any atom is 0.338 e. The molecule has 0 fully saturated rings. The Balaban J connectivity index is 1.81. The van der Waals surface area contributed by atoms with E-state index in [9.17, 15) is 9.90 Å². The van der Waals surface area contributed by atoms with E-state index in [4.69, 9.17) is 4.74 Å². The third-order valence-corrected chi connectivity index (χ3v) is 4.64. The van der Waals surface area contributed by atoms with Crippen LogP contribution in [0.3, 0.4) is 0 Å². The third kappa shape index (κ3) is 3.31. The van der Waals surface area contributed by atoms with Crippen LogP contribution in [-0.2, 0) is 4.74 Å². The Kier molecular flexibility index (Phi) is 4.62. The Labute approximate surface area is 144 Å². The summed E-state index contributed by atoms with van der Waals surface area (Å²) in [5, 5.41) is 10.4. The van der Waals surface area contributed by atoms with Crippen molar-refractivity contribution in [3.8, 4) is 27.6 Å². The van der Waals surface area contributed by atoms with E-state index in [1.54, 1.807) is 19.1 Å². The van der Waals surface area contributed by atoms with Gasteiger partial charge in [0.05, 0.1) is 17.0 Å². The maximum absolute atomic E-state index is 11.7. The average Bonchev–Trinajstić information content (AvgIpc) is 2.94. The molecule has 1 heterocycles. The fraction of sp³-hybridized carbons (Fsp3) is 0.158. The zero-order valence-corrected chi connectivity index (χ0v) is 14.3. The smallest absolute Gasteiger partial charge is 0.338 e. The third-order valence-electron chi connectivity index (χ3n) is 3.63. The molecule has 0 saturated heterocycles. The number of hydrogen-bond acceptors (Lipinski definition) is 5. The number of aromatic nitrogens is 1. The van der Waals surface area contributed by atoms with Crippen LogP contribution in [0.25, 0.3) is 21.7 Å². The van der Waals surface area contributed by atoms with Gasteiger partial charge in [0.25, 0.3) is 0 Å². The molecule has 0 amide bonds. The van der Waals surface area contributed by atoms with Gasteiger partial charge in [0, 0.05) is 5.56 Å². The lowest BCUT2D eigenvalue weighted by molar-refractivity contribution is 0.0526. The number of hydrogen-bond donors (Lipinski definition) is 1. The van der Waals surface area contributed by atoms with Crippen molar-refractivity contribution < 1.29 is 14.6 Å². The van der Waals surface area contributed by atoms with Gasteiger partial charge >= 0.3 is 5.97 Å². The largest absolute Gasteiger partial charge is 0.492 e. The predicted molar refractivity (Wildman–Crippen MR) is 95.3 cm³/mol. The van der Waals surface area contributed by atoms with Gasteiger partial charge in [-0.3, -0.25) is 0 Å². The molecule has 122 valence electrons. The van der Waals surface area contributed by atoms with Crippen LogP contribution >= 0.6 is 11.3 Å². The normalized spacial score (nSPS) is 10.6. The van der Waals surface area contributed by atoms with Crippen LogP contribution in [0, 0.1) is 6.92 Å². The first-order chi connectivity index (χ1) is 11.6. The van der Waals surface area contributed by atoms with Crippen LogP contribution in [0.5, 0.6) is 5.88 Å². The average molecular weight is 339 g/mol. The predicted octanol–water partition coefficient (Wildman–Crippen LogP) is 4.67. The van der Waals surface area contributed by atoms with Crippen LogP contribution in [-0.4, -0.2) is 22.7 Å². The van der Waals surface area contributed by atoms with Crippen LogP contribution < -0.4 is 0 Å². The lowest BCUT2D eigenvalue weighted by atomic mass is 10.0. The zero-order chi connectivity index (χ0) is 17.1. The number of esters is 1. The van der Waals surface area contributed by atoms with Gasteiger partial charge in [-0.1, -0.05) is 36.4 Å². The second-order valence-corrected chi connectivity index (χ2v) is 6.48. The highest BCUT2D eigenvalue weighted by Crippen LogP contribution is 2.32. The first kappa shape index (κ1) is 16.2. The van der Waals surface area contributed by atoms with E-state index in [0.717, 1.165) is 26.6 Å². The Morgan fingerprint density at radius 2 is 1.58 bits per heavy atom. The number of benzene rings is 2. The van der Waals surface area contributed by atoms with Crippen LogP contribution in [0.2, 0.25) is 0 Å². The summed E-state index contributed by atoms with van der Waals surface area (Å²) < 4.78 is 4.98. The molecule has 0 aliphatic carbocycles. The van der Waals surface area contributed by atoms with Crippen molar-refractivity contribution in [2.45, 2.75) is 13.8 Å². The molecule has 3 aromatic rings. The number of aryl methyl sites for hydroxylation is 1. The molecular weight excluding hydrogens is 322 g/mol. The van der Waals surface area contributed by atoms with Crippen molar-refractivity contribution in [1.82, 2.24) is 4.98 Å². The highest BCUT2D eigenvalue weighted by Gasteiger charge is 2.09. The van der Waals surface area contributed by atoms with Crippen LogP contribution in [0.4, 0.5) is 0 Å². The molecule has 2 aromatic carbocycles. The van der Waals surface area contributed by atoms with E-state index in [1.165, 1.54) is 11.3 Å². The van der Waals surface area contributed by atoms with Crippen molar-refractivity contribution in [2.24, 2.45) is 0 Å². The van der Waals surface area contributed by atoms with Crippen LogP contribution in [0.1, 0.15) is 22.2 Å².